The third-order valence-electron chi connectivity index (χ3n) is 5.30. The number of aliphatic hydroxyl groups is 3. The van der Waals surface area contributed by atoms with Crippen molar-refractivity contribution in [1.29, 1.82) is 0 Å². The van der Waals surface area contributed by atoms with Crippen LogP contribution in [-0.4, -0.2) is 82.7 Å². The number of unbranched alkanes of at least 4 members (excludes halogenated alkanes) is 4. The standard InChI is InChI=1S/C21H38O9/c1-14(22)9-5-3-6-10-15(11-7-4-8-12-17(23)24)29-21-20(27)19(26)18(25)16(30-21)13-28-2/h15-16,18-21,25-27H,3-13H2,1-2H3,(H,23,24)/t15-,16-,18-,19+,20-,21-/m0/s1. The van der Waals surface area contributed by atoms with Crippen molar-refractivity contribution in [2.45, 2.75) is 108 Å². The Bertz CT molecular complexity index is 475. The van der Waals surface area contributed by atoms with Crippen LogP contribution in [0.3, 0.4) is 0 Å². The fraction of sp³-hybridized carbons (Fsp3) is 0.905. The smallest absolute Gasteiger partial charge is 0.303 e. The molecule has 0 unspecified atom stereocenters. The lowest BCUT2D eigenvalue weighted by Gasteiger charge is -2.41. The highest BCUT2D eigenvalue weighted by Gasteiger charge is 2.44. The Morgan fingerprint density at radius 3 is 2.03 bits per heavy atom. The fourth-order valence-corrected chi connectivity index (χ4v) is 3.55. The third-order valence-corrected chi connectivity index (χ3v) is 5.30. The van der Waals surface area contributed by atoms with E-state index in [0.29, 0.717) is 25.7 Å². The number of hydrogen-bond donors (Lipinski definition) is 4. The van der Waals surface area contributed by atoms with Crippen molar-refractivity contribution in [3.8, 4) is 0 Å². The number of carbonyl (C=O) groups excluding carboxylic acids is 1. The van der Waals surface area contributed by atoms with Crippen molar-refractivity contribution >= 4 is 11.8 Å². The average Bonchev–Trinajstić information content (AvgIpc) is 2.68. The number of rotatable bonds is 16. The Labute approximate surface area is 178 Å². The van der Waals surface area contributed by atoms with Gasteiger partial charge in [-0.2, -0.15) is 0 Å². The normalized spacial score (nSPS) is 27.7. The van der Waals surface area contributed by atoms with Gasteiger partial charge in [-0.05, 0) is 32.6 Å². The number of carboxylic acid groups (broad SMARTS) is 1. The third kappa shape index (κ3) is 10.3. The maximum Gasteiger partial charge on any atom is 0.303 e. The zero-order valence-electron chi connectivity index (χ0n) is 18.1. The van der Waals surface area contributed by atoms with Gasteiger partial charge in [0.05, 0.1) is 12.7 Å². The maximum atomic E-state index is 11.1. The van der Waals surface area contributed by atoms with E-state index in [-0.39, 0.29) is 24.9 Å². The number of carbonyl (C=O) groups is 2. The van der Waals surface area contributed by atoms with Crippen LogP contribution in [0.5, 0.6) is 0 Å². The van der Waals surface area contributed by atoms with Gasteiger partial charge in [0.2, 0.25) is 0 Å². The molecule has 4 N–H and O–H groups in total. The minimum absolute atomic E-state index is 0.0513. The van der Waals surface area contributed by atoms with Crippen molar-refractivity contribution in [3.63, 3.8) is 0 Å². The van der Waals surface area contributed by atoms with Crippen LogP contribution in [0.4, 0.5) is 0 Å². The molecule has 9 nitrogen and oxygen atoms in total. The summed E-state index contributed by atoms with van der Waals surface area (Å²) in [4.78, 5) is 21.7. The topological polar surface area (TPSA) is 143 Å². The minimum Gasteiger partial charge on any atom is -0.481 e. The van der Waals surface area contributed by atoms with Gasteiger partial charge in [0.15, 0.2) is 6.29 Å². The minimum atomic E-state index is -1.41. The lowest BCUT2D eigenvalue weighted by atomic mass is 9.98. The first-order valence-electron chi connectivity index (χ1n) is 10.8. The summed E-state index contributed by atoms with van der Waals surface area (Å²) >= 11 is 0. The zero-order valence-corrected chi connectivity index (χ0v) is 18.1. The number of methoxy groups -OCH3 is 1. The monoisotopic (exact) mass is 434 g/mol. The van der Waals surface area contributed by atoms with E-state index in [2.05, 4.69) is 0 Å². The van der Waals surface area contributed by atoms with E-state index in [4.69, 9.17) is 19.3 Å². The maximum absolute atomic E-state index is 11.1. The lowest BCUT2D eigenvalue weighted by Crippen LogP contribution is -2.59. The molecule has 0 amide bonds. The molecule has 0 bridgehead atoms. The molecule has 1 saturated heterocycles. The fourth-order valence-electron chi connectivity index (χ4n) is 3.55. The van der Waals surface area contributed by atoms with Gasteiger partial charge in [-0.25, -0.2) is 0 Å². The second-order valence-electron chi connectivity index (χ2n) is 8.02. The molecule has 1 heterocycles. The summed E-state index contributed by atoms with van der Waals surface area (Å²) in [6.45, 7) is 1.62. The summed E-state index contributed by atoms with van der Waals surface area (Å²) < 4.78 is 16.6. The van der Waals surface area contributed by atoms with E-state index in [1.54, 1.807) is 6.92 Å². The van der Waals surface area contributed by atoms with Crippen LogP contribution < -0.4 is 0 Å². The molecule has 0 radical (unpaired) electrons. The van der Waals surface area contributed by atoms with E-state index in [1.165, 1.54) is 7.11 Å². The van der Waals surface area contributed by atoms with Crippen LogP contribution in [0.2, 0.25) is 0 Å². The van der Waals surface area contributed by atoms with Gasteiger partial charge in [-0.15, -0.1) is 0 Å². The van der Waals surface area contributed by atoms with E-state index in [9.17, 15) is 24.9 Å². The average molecular weight is 435 g/mol. The lowest BCUT2D eigenvalue weighted by molar-refractivity contribution is -0.313. The Morgan fingerprint density at radius 2 is 1.50 bits per heavy atom. The van der Waals surface area contributed by atoms with Crippen molar-refractivity contribution < 1.29 is 44.2 Å². The number of ketones is 1. The molecule has 0 spiro atoms. The van der Waals surface area contributed by atoms with Crippen LogP contribution in [0.25, 0.3) is 0 Å². The van der Waals surface area contributed by atoms with E-state index in [0.717, 1.165) is 32.1 Å². The summed E-state index contributed by atoms with van der Waals surface area (Å²) in [6, 6.07) is 0. The summed E-state index contributed by atoms with van der Waals surface area (Å²) in [5.41, 5.74) is 0. The molecule has 0 aromatic heterocycles. The highest BCUT2D eigenvalue weighted by molar-refractivity contribution is 5.75. The van der Waals surface area contributed by atoms with E-state index >= 15 is 0 Å². The largest absolute Gasteiger partial charge is 0.481 e. The molecule has 1 rings (SSSR count). The van der Waals surface area contributed by atoms with Crippen molar-refractivity contribution in [1.82, 2.24) is 0 Å². The quantitative estimate of drug-likeness (QED) is 0.265. The van der Waals surface area contributed by atoms with Gasteiger partial charge in [0.1, 0.15) is 30.2 Å². The van der Waals surface area contributed by atoms with Crippen molar-refractivity contribution in [2.24, 2.45) is 0 Å². The molecular formula is C21H38O9. The number of aliphatic carboxylic acids is 1. The van der Waals surface area contributed by atoms with Gasteiger partial charge in [-0.1, -0.05) is 25.7 Å². The van der Waals surface area contributed by atoms with Gasteiger partial charge >= 0.3 is 5.97 Å². The van der Waals surface area contributed by atoms with Gasteiger partial charge in [0.25, 0.3) is 0 Å². The van der Waals surface area contributed by atoms with Gasteiger partial charge < -0.3 is 39.4 Å². The van der Waals surface area contributed by atoms with Gasteiger partial charge in [-0.3, -0.25) is 4.79 Å². The molecule has 9 heteroatoms. The molecule has 0 saturated carbocycles. The molecule has 0 aromatic carbocycles. The molecular weight excluding hydrogens is 396 g/mol. The number of aliphatic hydroxyl groups excluding tert-OH is 3. The predicted molar refractivity (Wildman–Crippen MR) is 108 cm³/mol. The Kier molecular flexibility index (Phi) is 13.3. The van der Waals surface area contributed by atoms with E-state index in [1.807, 2.05) is 0 Å². The second-order valence-corrected chi connectivity index (χ2v) is 8.02. The second kappa shape index (κ2) is 14.8. The predicted octanol–water partition coefficient (Wildman–Crippen LogP) is 1.40. The molecule has 6 atom stereocenters. The summed E-state index contributed by atoms with van der Waals surface area (Å²) in [5, 5.41) is 39.2. The van der Waals surface area contributed by atoms with Crippen LogP contribution in [-0.2, 0) is 23.8 Å². The summed E-state index contributed by atoms with van der Waals surface area (Å²) in [5.74, 6) is -0.652. The zero-order chi connectivity index (χ0) is 22.5. The first kappa shape index (κ1) is 26.9. The molecule has 176 valence electrons. The van der Waals surface area contributed by atoms with Gasteiger partial charge in [0, 0.05) is 20.0 Å². The number of ether oxygens (including phenoxy) is 3. The Balaban J connectivity index is 2.59. The molecule has 1 fully saturated rings. The molecule has 0 aromatic rings. The Hall–Kier alpha value is -1.10. The number of carboxylic acids is 1. The highest BCUT2D eigenvalue weighted by atomic mass is 16.7. The van der Waals surface area contributed by atoms with Crippen molar-refractivity contribution in [2.75, 3.05) is 13.7 Å². The molecule has 1 aliphatic rings. The van der Waals surface area contributed by atoms with Crippen LogP contribution in [0.1, 0.15) is 71.1 Å². The molecule has 30 heavy (non-hydrogen) atoms. The van der Waals surface area contributed by atoms with Crippen LogP contribution >= 0.6 is 0 Å². The number of Topliss-reactive ketones (excluding diaryl/α,β-unsaturated/α-hetero) is 1. The molecule has 1 aliphatic heterocycles. The van der Waals surface area contributed by atoms with E-state index < -0.39 is 36.7 Å². The van der Waals surface area contributed by atoms with Crippen LogP contribution in [0, 0.1) is 0 Å². The SMILES string of the molecule is COC[C@@H]1O[C@H](O[C@@H](CCCCCC(C)=O)CCCCCC(=O)O)[C@@H](O)[C@H](O)[C@H]1O. The summed E-state index contributed by atoms with van der Waals surface area (Å²) in [6.07, 6.45) is 0.418. The highest BCUT2D eigenvalue weighted by Crippen LogP contribution is 2.26. The van der Waals surface area contributed by atoms with Crippen LogP contribution in [0.15, 0.2) is 0 Å². The first-order chi connectivity index (χ1) is 14.3. The number of hydrogen-bond acceptors (Lipinski definition) is 8. The summed E-state index contributed by atoms with van der Waals surface area (Å²) in [7, 11) is 1.45. The Morgan fingerprint density at radius 1 is 0.900 bits per heavy atom. The first-order valence-corrected chi connectivity index (χ1v) is 10.8. The molecule has 0 aliphatic carbocycles. The van der Waals surface area contributed by atoms with Crippen molar-refractivity contribution in [3.05, 3.63) is 0 Å².